The number of nitrogens with one attached hydrogen (secondary N) is 1. The smallest absolute Gasteiger partial charge is 0.217 e. The maximum absolute atomic E-state index is 13.0. The van der Waals surface area contributed by atoms with E-state index in [1.807, 2.05) is 0 Å². The highest BCUT2D eigenvalue weighted by Crippen LogP contribution is 2.27. The highest BCUT2D eigenvalue weighted by Gasteiger charge is 2.35. The Morgan fingerprint density at radius 1 is 1.24 bits per heavy atom. The van der Waals surface area contributed by atoms with Crippen molar-refractivity contribution >= 4 is 22.4 Å². The van der Waals surface area contributed by atoms with Crippen LogP contribution in [0.25, 0.3) is 0 Å². The first-order chi connectivity index (χ1) is 11.6. The number of aryl methyl sites for hydroxylation is 1. The Balaban J connectivity index is 0.00000225. The summed E-state index contributed by atoms with van der Waals surface area (Å²) in [6.07, 6.45) is 3.79. The molecule has 2 aliphatic heterocycles. The fourth-order valence-corrected chi connectivity index (χ4v) is 5.43. The summed E-state index contributed by atoms with van der Waals surface area (Å²) in [4.78, 5) is 0. The van der Waals surface area contributed by atoms with Crippen molar-refractivity contribution in [3.63, 3.8) is 0 Å². The lowest BCUT2D eigenvalue weighted by Crippen LogP contribution is -2.50. The van der Waals surface area contributed by atoms with Gasteiger partial charge in [0, 0.05) is 26.2 Å². The number of piperazine rings is 1. The molecule has 0 saturated carbocycles. The molecule has 0 amide bonds. The largest absolute Gasteiger partial charge is 0.377 e. The van der Waals surface area contributed by atoms with Gasteiger partial charge in [0.25, 0.3) is 0 Å². The van der Waals surface area contributed by atoms with E-state index in [0.29, 0.717) is 26.2 Å². The first-order valence-corrected chi connectivity index (χ1v) is 10.6. The summed E-state index contributed by atoms with van der Waals surface area (Å²) in [6.45, 7) is 4.70. The summed E-state index contributed by atoms with van der Waals surface area (Å²) in [5.74, 6) is 0.108. The molecular weight excluding hydrogens is 360 g/mol. The average molecular weight is 389 g/mol. The van der Waals surface area contributed by atoms with E-state index in [4.69, 9.17) is 4.74 Å². The molecule has 2 aliphatic rings. The van der Waals surface area contributed by atoms with Crippen LogP contribution in [0.4, 0.5) is 0 Å². The molecule has 2 fully saturated rings. The Morgan fingerprint density at radius 2 is 2.00 bits per heavy atom. The van der Waals surface area contributed by atoms with Crippen molar-refractivity contribution in [1.82, 2.24) is 9.62 Å². The van der Waals surface area contributed by atoms with Gasteiger partial charge in [0.2, 0.25) is 10.0 Å². The third-order valence-corrected chi connectivity index (χ3v) is 6.94. The van der Waals surface area contributed by atoms with Gasteiger partial charge in [0.15, 0.2) is 0 Å². The van der Waals surface area contributed by atoms with Gasteiger partial charge in [-0.05, 0) is 36.8 Å². The molecule has 0 radical (unpaired) electrons. The SMILES string of the molecule is CCc1ccc(C2CNCCN2S(=O)(=O)CC2CCCCO2)cc1.Cl. The van der Waals surface area contributed by atoms with Crippen molar-refractivity contribution in [1.29, 1.82) is 0 Å². The quantitative estimate of drug-likeness (QED) is 0.842. The molecule has 0 bridgehead atoms. The molecule has 5 nitrogen and oxygen atoms in total. The minimum Gasteiger partial charge on any atom is -0.377 e. The van der Waals surface area contributed by atoms with Gasteiger partial charge >= 0.3 is 0 Å². The summed E-state index contributed by atoms with van der Waals surface area (Å²) in [6, 6.07) is 8.20. The van der Waals surface area contributed by atoms with E-state index in [1.54, 1.807) is 4.31 Å². The molecule has 2 unspecified atom stereocenters. The van der Waals surface area contributed by atoms with Crippen molar-refractivity contribution in [3.8, 4) is 0 Å². The number of rotatable bonds is 5. The molecule has 1 N–H and O–H groups in total. The lowest BCUT2D eigenvalue weighted by Gasteiger charge is -2.36. The average Bonchev–Trinajstić information content (AvgIpc) is 2.62. The molecule has 25 heavy (non-hydrogen) atoms. The van der Waals surface area contributed by atoms with Crippen LogP contribution < -0.4 is 5.32 Å². The predicted octanol–water partition coefficient (Wildman–Crippen LogP) is 2.52. The van der Waals surface area contributed by atoms with Gasteiger partial charge in [-0.2, -0.15) is 4.31 Å². The highest BCUT2D eigenvalue weighted by molar-refractivity contribution is 7.89. The van der Waals surface area contributed by atoms with Gasteiger partial charge < -0.3 is 10.1 Å². The molecule has 3 rings (SSSR count). The molecule has 0 aromatic heterocycles. The van der Waals surface area contributed by atoms with Crippen LogP contribution in [-0.4, -0.2) is 50.8 Å². The first kappa shape index (κ1) is 20.6. The summed E-state index contributed by atoms with van der Waals surface area (Å²) < 4.78 is 33.3. The van der Waals surface area contributed by atoms with Crippen LogP contribution in [0.5, 0.6) is 0 Å². The molecule has 2 heterocycles. The third-order valence-electron chi connectivity index (χ3n) is 4.99. The number of ether oxygens (including phenoxy) is 1. The van der Waals surface area contributed by atoms with E-state index in [0.717, 1.165) is 31.2 Å². The Bertz CT molecular complexity index is 630. The van der Waals surface area contributed by atoms with Gasteiger partial charge in [0.05, 0.1) is 17.9 Å². The zero-order valence-corrected chi connectivity index (χ0v) is 16.4. The first-order valence-electron chi connectivity index (χ1n) is 9.01. The second-order valence-corrected chi connectivity index (χ2v) is 8.66. The zero-order valence-electron chi connectivity index (χ0n) is 14.8. The van der Waals surface area contributed by atoms with Crippen molar-refractivity contribution in [2.75, 3.05) is 32.0 Å². The monoisotopic (exact) mass is 388 g/mol. The number of sulfonamides is 1. The second-order valence-electron chi connectivity index (χ2n) is 6.69. The van der Waals surface area contributed by atoms with Crippen LogP contribution in [0, 0.1) is 0 Å². The van der Waals surface area contributed by atoms with Gasteiger partial charge in [-0.15, -0.1) is 12.4 Å². The van der Waals surface area contributed by atoms with Crippen molar-refractivity contribution in [3.05, 3.63) is 35.4 Å². The predicted molar refractivity (Wildman–Crippen MR) is 103 cm³/mol. The van der Waals surface area contributed by atoms with E-state index in [1.165, 1.54) is 5.56 Å². The fraction of sp³-hybridized carbons (Fsp3) is 0.667. The molecule has 1 aromatic rings. The lowest BCUT2D eigenvalue weighted by atomic mass is 10.0. The fourth-order valence-electron chi connectivity index (χ4n) is 3.55. The Morgan fingerprint density at radius 3 is 2.64 bits per heavy atom. The minimum atomic E-state index is -3.33. The molecule has 2 saturated heterocycles. The van der Waals surface area contributed by atoms with E-state index in [2.05, 4.69) is 36.5 Å². The maximum Gasteiger partial charge on any atom is 0.217 e. The number of nitrogens with zero attached hydrogens (tertiary/aromatic N) is 1. The summed E-state index contributed by atoms with van der Waals surface area (Å²) >= 11 is 0. The van der Waals surface area contributed by atoms with Crippen LogP contribution >= 0.6 is 12.4 Å². The minimum absolute atomic E-state index is 0. The molecule has 7 heteroatoms. The zero-order chi connectivity index (χ0) is 17.0. The summed E-state index contributed by atoms with van der Waals surface area (Å²) in [5, 5.41) is 3.33. The third kappa shape index (κ3) is 5.17. The van der Waals surface area contributed by atoms with Crippen LogP contribution in [0.2, 0.25) is 0 Å². The Labute approximate surface area is 157 Å². The van der Waals surface area contributed by atoms with Crippen LogP contribution in [0.1, 0.15) is 43.4 Å². The maximum atomic E-state index is 13.0. The van der Waals surface area contributed by atoms with Gasteiger partial charge in [-0.1, -0.05) is 31.2 Å². The van der Waals surface area contributed by atoms with E-state index >= 15 is 0 Å². The summed E-state index contributed by atoms with van der Waals surface area (Å²) in [7, 11) is -3.33. The Kier molecular flexibility index (Phi) is 7.70. The number of hydrogen-bond donors (Lipinski definition) is 1. The molecular formula is C18H29ClN2O3S. The van der Waals surface area contributed by atoms with E-state index in [9.17, 15) is 8.42 Å². The van der Waals surface area contributed by atoms with Crippen molar-refractivity contribution in [2.45, 2.75) is 44.8 Å². The highest BCUT2D eigenvalue weighted by atomic mass is 35.5. The van der Waals surface area contributed by atoms with Gasteiger partial charge in [-0.25, -0.2) is 8.42 Å². The standard InChI is InChI=1S/C18H28N2O3S.ClH/c1-2-15-6-8-16(9-7-15)18-13-19-10-11-20(18)24(21,22)14-17-5-3-4-12-23-17;/h6-9,17-19H,2-5,10-14H2,1H3;1H. The van der Waals surface area contributed by atoms with E-state index in [-0.39, 0.29) is 30.3 Å². The van der Waals surface area contributed by atoms with Crippen molar-refractivity contribution < 1.29 is 13.2 Å². The normalized spacial score (nSPS) is 25.3. The van der Waals surface area contributed by atoms with Crippen LogP contribution in [0.15, 0.2) is 24.3 Å². The van der Waals surface area contributed by atoms with Crippen LogP contribution in [0.3, 0.4) is 0 Å². The topological polar surface area (TPSA) is 58.6 Å². The molecule has 0 aliphatic carbocycles. The van der Waals surface area contributed by atoms with Crippen LogP contribution in [-0.2, 0) is 21.2 Å². The second kappa shape index (κ2) is 9.33. The number of hydrogen-bond acceptors (Lipinski definition) is 4. The number of halogens is 1. The van der Waals surface area contributed by atoms with E-state index < -0.39 is 10.0 Å². The van der Waals surface area contributed by atoms with Crippen molar-refractivity contribution in [2.24, 2.45) is 0 Å². The molecule has 1 aromatic carbocycles. The summed E-state index contributed by atoms with van der Waals surface area (Å²) in [5.41, 5.74) is 2.33. The molecule has 142 valence electrons. The lowest BCUT2D eigenvalue weighted by molar-refractivity contribution is 0.0296. The molecule has 2 atom stereocenters. The molecule has 0 spiro atoms. The van der Waals surface area contributed by atoms with Gasteiger partial charge in [-0.3, -0.25) is 0 Å². The Hall–Kier alpha value is -0.660. The van der Waals surface area contributed by atoms with Gasteiger partial charge in [0.1, 0.15) is 0 Å². The number of benzene rings is 1.